The summed E-state index contributed by atoms with van der Waals surface area (Å²) < 4.78 is 5.84. The Morgan fingerprint density at radius 2 is 1.69 bits per heavy atom. The molecule has 29 heavy (non-hydrogen) atoms. The molecule has 2 aromatic rings. The van der Waals surface area contributed by atoms with Crippen molar-refractivity contribution in [2.24, 2.45) is 0 Å². The highest BCUT2D eigenvalue weighted by molar-refractivity contribution is 7.80. The van der Waals surface area contributed by atoms with Crippen LogP contribution < -0.4 is 9.80 Å². The largest absolute Gasteiger partial charge is 0.441 e. The van der Waals surface area contributed by atoms with Crippen LogP contribution in [0.5, 0.6) is 0 Å². The molecule has 0 atom stereocenters. The third kappa shape index (κ3) is 4.06. The van der Waals surface area contributed by atoms with E-state index in [1.165, 1.54) is 15.9 Å². The van der Waals surface area contributed by atoms with E-state index in [0.717, 1.165) is 13.1 Å². The van der Waals surface area contributed by atoms with Gasteiger partial charge in [0.1, 0.15) is 11.3 Å². The summed E-state index contributed by atoms with van der Waals surface area (Å²) in [5, 5.41) is 0.688. The Balaban J connectivity index is 2.01. The minimum atomic E-state index is -0.493. The van der Waals surface area contributed by atoms with E-state index in [9.17, 15) is 9.59 Å². The number of rotatable bonds is 6. The first kappa shape index (κ1) is 21.1. The van der Waals surface area contributed by atoms with Gasteiger partial charge in [0.05, 0.1) is 5.69 Å². The van der Waals surface area contributed by atoms with E-state index in [1.807, 2.05) is 31.7 Å². The van der Waals surface area contributed by atoms with Gasteiger partial charge in [-0.2, -0.15) is 0 Å². The summed E-state index contributed by atoms with van der Waals surface area (Å²) >= 11 is 11.4. The molecule has 0 radical (unpaired) electrons. The van der Waals surface area contributed by atoms with E-state index in [2.05, 4.69) is 0 Å². The van der Waals surface area contributed by atoms with Gasteiger partial charge < -0.3 is 9.32 Å². The van der Waals surface area contributed by atoms with Gasteiger partial charge >= 0.3 is 0 Å². The highest BCUT2D eigenvalue weighted by Gasteiger charge is 2.39. The summed E-state index contributed by atoms with van der Waals surface area (Å²) in [7, 11) is 0. The number of amides is 2. The molecule has 8 heteroatoms. The normalized spacial score (nSPS) is 16.1. The van der Waals surface area contributed by atoms with Gasteiger partial charge in [0.15, 0.2) is 11.0 Å². The molecule has 0 saturated carbocycles. The van der Waals surface area contributed by atoms with E-state index in [4.69, 9.17) is 28.2 Å². The maximum Gasteiger partial charge on any atom is 0.270 e. The van der Waals surface area contributed by atoms with E-state index >= 15 is 0 Å². The van der Waals surface area contributed by atoms with Gasteiger partial charge in [-0.25, -0.2) is 0 Å². The Labute approximate surface area is 180 Å². The molecule has 152 valence electrons. The van der Waals surface area contributed by atoms with Crippen LogP contribution in [-0.4, -0.2) is 41.5 Å². The summed E-state index contributed by atoms with van der Waals surface area (Å²) in [6.45, 7) is 7.79. The number of furan rings is 1. The molecule has 0 aliphatic carbocycles. The van der Waals surface area contributed by atoms with Crippen molar-refractivity contribution in [2.75, 3.05) is 29.4 Å². The number of carbonyl (C=O) groups excluding carboxylic acids is 2. The SMILES string of the molecule is CCN1C(=O)C(=Cc2ccc(N(CC)CC)o2)C(=O)N(c2ccc(Cl)cc2)C1=S. The molecular formula is C21H22ClN3O3S. The minimum absolute atomic E-state index is 0.00385. The lowest BCUT2D eigenvalue weighted by Gasteiger charge is -2.35. The second-order valence-electron chi connectivity index (χ2n) is 6.36. The van der Waals surface area contributed by atoms with E-state index in [1.54, 1.807) is 30.3 Å². The third-order valence-corrected chi connectivity index (χ3v) is 5.36. The number of halogens is 1. The van der Waals surface area contributed by atoms with Crippen LogP contribution in [0.3, 0.4) is 0 Å². The summed E-state index contributed by atoms with van der Waals surface area (Å²) in [6, 6.07) is 10.3. The number of likely N-dealkylation sites (N-methyl/N-ethyl adjacent to an activating group) is 1. The molecule has 2 heterocycles. The maximum atomic E-state index is 13.2. The number of carbonyl (C=O) groups is 2. The molecule has 1 aliphatic heterocycles. The van der Waals surface area contributed by atoms with E-state index < -0.39 is 11.8 Å². The first-order valence-corrected chi connectivity index (χ1v) is 10.2. The molecule has 1 aliphatic rings. The van der Waals surface area contributed by atoms with Gasteiger partial charge in [-0.3, -0.25) is 19.4 Å². The van der Waals surface area contributed by atoms with Crippen molar-refractivity contribution in [3.63, 3.8) is 0 Å². The number of thiocarbonyl (C=S) groups is 1. The first-order valence-electron chi connectivity index (χ1n) is 9.43. The lowest BCUT2D eigenvalue weighted by molar-refractivity contribution is -0.127. The van der Waals surface area contributed by atoms with Crippen LogP contribution >= 0.6 is 23.8 Å². The smallest absolute Gasteiger partial charge is 0.270 e. The van der Waals surface area contributed by atoms with Gasteiger partial charge in [-0.15, -0.1) is 0 Å². The molecule has 0 unspecified atom stereocenters. The van der Waals surface area contributed by atoms with Crippen LogP contribution in [0.4, 0.5) is 11.6 Å². The van der Waals surface area contributed by atoms with Crippen molar-refractivity contribution in [3.8, 4) is 0 Å². The van der Waals surface area contributed by atoms with Crippen molar-refractivity contribution in [2.45, 2.75) is 20.8 Å². The summed E-state index contributed by atoms with van der Waals surface area (Å²) in [4.78, 5) is 30.9. The molecule has 0 spiro atoms. The summed E-state index contributed by atoms with van der Waals surface area (Å²) in [6.07, 6.45) is 1.48. The quantitative estimate of drug-likeness (QED) is 0.387. The second kappa shape index (κ2) is 8.80. The lowest BCUT2D eigenvalue weighted by atomic mass is 10.1. The summed E-state index contributed by atoms with van der Waals surface area (Å²) in [5.41, 5.74) is 0.542. The van der Waals surface area contributed by atoms with Gasteiger partial charge in [0, 0.05) is 30.7 Å². The van der Waals surface area contributed by atoms with Crippen LogP contribution in [0.2, 0.25) is 5.02 Å². The summed E-state index contributed by atoms with van der Waals surface area (Å²) in [5.74, 6) is 0.194. The highest BCUT2D eigenvalue weighted by Crippen LogP contribution is 2.28. The van der Waals surface area contributed by atoms with Crippen LogP contribution in [0.15, 0.2) is 46.4 Å². The monoisotopic (exact) mass is 431 g/mol. The maximum absolute atomic E-state index is 13.2. The van der Waals surface area contributed by atoms with Crippen molar-refractivity contribution in [1.29, 1.82) is 0 Å². The third-order valence-electron chi connectivity index (χ3n) is 4.71. The highest BCUT2D eigenvalue weighted by atomic mass is 35.5. The topological polar surface area (TPSA) is 57.0 Å². The molecule has 0 bridgehead atoms. The fourth-order valence-corrected chi connectivity index (χ4v) is 3.67. The zero-order valence-electron chi connectivity index (χ0n) is 16.5. The Morgan fingerprint density at radius 1 is 1.03 bits per heavy atom. The van der Waals surface area contributed by atoms with Crippen LogP contribution in [0.1, 0.15) is 26.5 Å². The predicted octanol–water partition coefficient (Wildman–Crippen LogP) is 4.34. The standard InChI is InChI=1S/C21H22ClN3O3S/c1-4-23(5-2)18-12-11-16(28-18)13-17-19(26)24(6-3)21(29)25(20(17)27)15-9-7-14(22)8-10-15/h7-13H,4-6H2,1-3H3. The van der Waals surface area contributed by atoms with Crippen LogP contribution in [0.25, 0.3) is 6.08 Å². The minimum Gasteiger partial charge on any atom is -0.441 e. The number of benzene rings is 1. The number of hydrogen-bond acceptors (Lipinski definition) is 5. The number of hydrogen-bond donors (Lipinski definition) is 0. The zero-order chi connectivity index (χ0) is 21.1. The molecule has 6 nitrogen and oxygen atoms in total. The van der Waals surface area contributed by atoms with Crippen molar-refractivity contribution in [1.82, 2.24) is 4.90 Å². The van der Waals surface area contributed by atoms with Crippen molar-refractivity contribution < 1.29 is 14.0 Å². The lowest BCUT2D eigenvalue weighted by Crippen LogP contribution is -2.56. The van der Waals surface area contributed by atoms with E-state index in [0.29, 0.717) is 28.9 Å². The van der Waals surface area contributed by atoms with Gasteiger partial charge in [0.25, 0.3) is 11.8 Å². The molecule has 1 aromatic carbocycles. The van der Waals surface area contributed by atoms with Crippen LogP contribution in [-0.2, 0) is 9.59 Å². The molecule has 3 rings (SSSR count). The average molecular weight is 432 g/mol. The van der Waals surface area contributed by atoms with Crippen molar-refractivity contribution >= 4 is 58.4 Å². The Hall–Kier alpha value is -2.64. The Bertz CT molecular complexity index is 964. The number of anilines is 2. The fourth-order valence-electron chi connectivity index (χ4n) is 3.14. The second-order valence-corrected chi connectivity index (χ2v) is 7.16. The van der Waals surface area contributed by atoms with Crippen molar-refractivity contribution in [3.05, 3.63) is 52.8 Å². The number of nitrogens with zero attached hydrogens (tertiary/aromatic N) is 3. The fraction of sp³-hybridized carbons (Fsp3) is 0.286. The van der Waals surface area contributed by atoms with Gasteiger partial charge in [0.2, 0.25) is 0 Å². The first-order chi connectivity index (χ1) is 13.9. The van der Waals surface area contributed by atoms with Gasteiger partial charge in [-0.1, -0.05) is 11.6 Å². The molecule has 1 fully saturated rings. The Kier molecular flexibility index (Phi) is 6.39. The predicted molar refractivity (Wildman–Crippen MR) is 119 cm³/mol. The molecule has 2 amide bonds. The Morgan fingerprint density at radius 3 is 2.28 bits per heavy atom. The zero-order valence-corrected chi connectivity index (χ0v) is 18.1. The van der Waals surface area contributed by atoms with E-state index in [-0.39, 0.29) is 10.7 Å². The molecule has 0 N–H and O–H groups in total. The molecule has 1 saturated heterocycles. The molecular weight excluding hydrogens is 410 g/mol. The van der Waals surface area contributed by atoms with Gasteiger partial charge in [-0.05, 0) is 69.4 Å². The molecule has 1 aromatic heterocycles. The van der Waals surface area contributed by atoms with Crippen LogP contribution in [0, 0.1) is 0 Å². The average Bonchev–Trinajstić information content (AvgIpc) is 3.16.